The van der Waals surface area contributed by atoms with Crippen LogP contribution in [0.5, 0.6) is 0 Å². The van der Waals surface area contributed by atoms with Crippen LogP contribution in [0.2, 0.25) is 0 Å². The second kappa shape index (κ2) is 7.23. The van der Waals surface area contributed by atoms with E-state index in [4.69, 9.17) is 4.74 Å². The van der Waals surface area contributed by atoms with Crippen molar-refractivity contribution in [3.63, 3.8) is 0 Å². The summed E-state index contributed by atoms with van der Waals surface area (Å²) in [6, 6.07) is 9.46. The molecule has 1 unspecified atom stereocenters. The predicted molar refractivity (Wildman–Crippen MR) is 82.1 cm³/mol. The molecule has 0 aliphatic carbocycles. The molecule has 0 radical (unpaired) electrons. The molecule has 2 aromatic carbocycles. The van der Waals surface area contributed by atoms with Crippen LogP contribution in [0.25, 0.3) is 0 Å². The topological polar surface area (TPSA) is 29.5 Å². The lowest BCUT2D eigenvalue weighted by Crippen LogP contribution is -2.47. The molecule has 0 spiro atoms. The molecule has 0 aromatic heterocycles. The maximum atomic E-state index is 13.8. The van der Waals surface area contributed by atoms with E-state index in [-0.39, 0.29) is 31.9 Å². The Morgan fingerprint density at radius 3 is 2.36 bits per heavy atom. The Morgan fingerprint density at radius 1 is 1.08 bits per heavy atom. The van der Waals surface area contributed by atoms with Crippen molar-refractivity contribution in [3.8, 4) is 0 Å². The molecule has 0 bridgehead atoms. The monoisotopic (exact) mass is 353 g/mol. The summed E-state index contributed by atoms with van der Waals surface area (Å²) >= 11 is 0. The van der Waals surface area contributed by atoms with Crippen molar-refractivity contribution >= 4 is 5.91 Å². The van der Waals surface area contributed by atoms with Gasteiger partial charge in [-0.1, -0.05) is 30.3 Å². The first-order valence-corrected chi connectivity index (χ1v) is 7.75. The zero-order chi connectivity index (χ0) is 18.0. The van der Waals surface area contributed by atoms with E-state index in [1.54, 1.807) is 0 Å². The van der Waals surface area contributed by atoms with Gasteiger partial charge in [-0.3, -0.25) is 4.79 Å². The fourth-order valence-electron chi connectivity index (χ4n) is 2.82. The van der Waals surface area contributed by atoms with Gasteiger partial charge in [-0.25, -0.2) is 17.6 Å². The van der Waals surface area contributed by atoms with Crippen LogP contribution in [-0.4, -0.2) is 36.6 Å². The molecule has 1 aliphatic heterocycles. The largest absolute Gasteiger partial charge is 0.374 e. The Hall–Kier alpha value is -2.41. The number of morpholine rings is 1. The fraction of sp³-hybridized carbons (Fsp3) is 0.278. The molecule has 7 heteroatoms. The Bertz CT molecular complexity index is 756. The van der Waals surface area contributed by atoms with Crippen LogP contribution in [0.15, 0.2) is 36.4 Å². The van der Waals surface area contributed by atoms with Crippen LogP contribution in [0, 0.1) is 23.3 Å². The summed E-state index contributed by atoms with van der Waals surface area (Å²) in [5.74, 6) is -7.66. The summed E-state index contributed by atoms with van der Waals surface area (Å²) in [4.78, 5) is 13.6. The number of hydrogen-bond donors (Lipinski definition) is 0. The van der Waals surface area contributed by atoms with E-state index in [0.717, 1.165) is 10.5 Å². The number of halogens is 4. The third-order valence-corrected chi connectivity index (χ3v) is 4.06. The second-order valence-electron chi connectivity index (χ2n) is 5.78. The van der Waals surface area contributed by atoms with Gasteiger partial charge in [0.2, 0.25) is 0 Å². The van der Waals surface area contributed by atoms with Gasteiger partial charge in [0, 0.05) is 25.6 Å². The summed E-state index contributed by atoms with van der Waals surface area (Å²) in [6.45, 7) is 0.330. The highest BCUT2D eigenvalue weighted by atomic mass is 19.2. The van der Waals surface area contributed by atoms with Gasteiger partial charge in [-0.2, -0.15) is 0 Å². The molecule has 25 heavy (non-hydrogen) atoms. The number of ether oxygens (including phenoxy) is 1. The van der Waals surface area contributed by atoms with Crippen LogP contribution < -0.4 is 0 Å². The molecule has 3 nitrogen and oxygen atoms in total. The number of carbonyl (C=O) groups excluding carboxylic acids is 1. The lowest BCUT2D eigenvalue weighted by molar-refractivity contribution is -0.0211. The first kappa shape index (κ1) is 17.4. The molecule has 132 valence electrons. The molecule has 1 aliphatic rings. The molecule has 1 atom stereocenters. The molecule has 0 N–H and O–H groups in total. The van der Waals surface area contributed by atoms with E-state index in [0.29, 0.717) is 6.42 Å². The zero-order valence-electron chi connectivity index (χ0n) is 13.1. The highest BCUT2D eigenvalue weighted by Gasteiger charge is 2.31. The molecule has 1 saturated heterocycles. The molecule has 0 saturated carbocycles. The number of rotatable bonds is 3. The zero-order valence-corrected chi connectivity index (χ0v) is 13.1. The summed E-state index contributed by atoms with van der Waals surface area (Å²) in [6.07, 6.45) is 0.136. The average molecular weight is 353 g/mol. The van der Waals surface area contributed by atoms with Crippen molar-refractivity contribution in [2.24, 2.45) is 0 Å². The first-order valence-electron chi connectivity index (χ1n) is 7.75. The van der Waals surface area contributed by atoms with E-state index >= 15 is 0 Å². The van der Waals surface area contributed by atoms with Crippen LogP contribution in [0.4, 0.5) is 17.6 Å². The van der Waals surface area contributed by atoms with E-state index in [2.05, 4.69) is 0 Å². The van der Waals surface area contributed by atoms with Crippen molar-refractivity contribution in [2.75, 3.05) is 19.7 Å². The van der Waals surface area contributed by atoms with Gasteiger partial charge in [0.15, 0.2) is 23.3 Å². The molecule has 3 rings (SSSR count). The maximum absolute atomic E-state index is 13.8. The molecule has 1 amide bonds. The van der Waals surface area contributed by atoms with Crippen LogP contribution in [0.1, 0.15) is 15.9 Å². The van der Waals surface area contributed by atoms with Crippen molar-refractivity contribution in [3.05, 3.63) is 70.8 Å². The third-order valence-electron chi connectivity index (χ3n) is 4.06. The normalized spacial score (nSPS) is 17.6. The van der Waals surface area contributed by atoms with Crippen LogP contribution >= 0.6 is 0 Å². The van der Waals surface area contributed by atoms with E-state index in [1.807, 2.05) is 30.3 Å². The van der Waals surface area contributed by atoms with Gasteiger partial charge in [0.25, 0.3) is 5.91 Å². The van der Waals surface area contributed by atoms with Crippen molar-refractivity contribution in [2.45, 2.75) is 12.5 Å². The van der Waals surface area contributed by atoms with E-state index < -0.39 is 34.7 Å². The van der Waals surface area contributed by atoms with Gasteiger partial charge < -0.3 is 9.64 Å². The number of amides is 1. The molecule has 1 heterocycles. The molecular weight excluding hydrogens is 338 g/mol. The minimum absolute atomic E-state index is 0.0741. The lowest BCUT2D eigenvalue weighted by atomic mass is 10.1. The average Bonchev–Trinajstić information content (AvgIpc) is 2.61. The smallest absolute Gasteiger partial charge is 0.260 e. The van der Waals surface area contributed by atoms with Gasteiger partial charge in [0.1, 0.15) is 5.56 Å². The predicted octanol–water partition coefficient (Wildman–Crippen LogP) is 3.33. The number of nitrogens with zero attached hydrogens (tertiary/aromatic N) is 1. The van der Waals surface area contributed by atoms with Crippen molar-refractivity contribution in [1.29, 1.82) is 0 Å². The van der Waals surface area contributed by atoms with Crippen molar-refractivity contribution in [1.82, 2.24) is 4.90 Å². The summed E-state index contributed by atoms with van der Waals surface area (Å²) in [5.41, 5.74) is -0.228. The SMILES string of the molecule is O=C(c1c(F)c(F)cc(F)c1F)N1CCOC(Cc2ccccc2)C1. The Balaban J connectivity index is 1.79. The maximum Gasteiger partial charge on any atom is 0.260 e. The number of benzene rings is 2. The van der Waals surface area contributed by atoms with E-state index in [9.17, 15) is 22.4 Å². The molecule has 1 fully saturated rings. The van der Waals surface area contributed by atoms with Crippen molar-refractivity contribution < 1.29 is 27.1 Å². The standard InChI is InChI=1S/C18H15F4NO2/c19-13-9-14(20)17(22)15(16(13)21)18(24)23-6-7-25-12(10-23)8-11-4-2-1-3-5-11/h1-5,9,12H,6-8,10H2. The third kappa shape index (κ3) is 3.66. The first-order chi connectivity index (χ1) is 12.0. The van der Waals surface area contributed by atoms with Gasteiger partial charge in [0.05, 0.1) is 12.7 Å². The fourth-order valence-corrected chi connectivity index (χ4v) is 2.82. The highest BCUT2D eigenvalue weighted by Crippen LogP contribution is 2.22. The summed E-state index contributed by atoms with van der Waals surface area (Å²) in [5, 5.41) is 0. The molecule has 2 aromatic rings. The van der Waals surface area contributed by atoms with Gasteiger partial charge >= 0.3 is 0 Å². The minimum atomic E-state index is -1.69. The van der Waals surface area contributed by atoms with Crippen LogP contribution in [0.3, 0.4) is 0 Å². The van der Waals surface area contributed by atoms with Gasteiger partial charge in [-0.15, -0.1) is 0 Å². The second-order valence-corrected chi connectivity index (χ2v) is 5.78. The minimum Gasteiger partial charge on any atom is -0.374 e. The lowest BCUT2D eigenvalue weighted by Gasteiger charge is -2.33. The Labute approximate surface area is 141 Å². The summed E-state index contributed by atoms with van der Waals surface area (Å²) < 4.78 is 59.9. The quantitative estimate of drug-likeness (QED) is 0.626. The number of hydrogen-bond acceptors (Lipinski definition) is 2. The summed E-state index contributed by atoms with van der Waals surface area (Å²) in [7, 11) is 0. The highest BCUT2D eigenvalue weighted by molar-refractivity contribution is 5.95. The number of carbonyl (C=O) groups is 1. The Kier molecular flexibility index (Phi) is 5.03. The molecular formula is C18H15F4NO2. The van der Waals surface area contributed by atoms with Gasteiger partial charge in [-0.05, 0) is 5.56 Å². The Morgan fingerprint density at radius 2 is 1.72 bits per heavy atom. The van der Waals surface area contributed by atoms with Crippen LogP contribution in [-0.2, 0) is 11.2 Å². The van der Waals surface area contributed by atoms with E-state index in [1.165, 1.54) is 0 Å².